The molecule has 0 amide bonds. The molecule has 0 aliphatic carbocycles. The predicted molar refractivity (Wildman–Crippen MR) is 65.5 cm³/mol. The van der Waals surface area contributed by atoms with Gasteiger partial charge in [-0.3, -0.25) is 0 Å². The average Bonchev–Trinajstić information content (AvgIpc) is 2.20. The van der Waals surface area contributed by atoms with Gasteiger partial charge in [-0.05, 0) is 13.8 Å². The van der Waals surface area contributed by atoms with E-state index < -0.39 is 0 Å². The van der Waals surface area contributed by atoms with E-state index >= 15 is 0 Å². The van der Waals surface area contributed by atoms with Crippen LogP contribution in [-0.2, 0) is 13.7 Å². The van der Waals surface area contributed by atoms with E-state index in [9.17, 15) is 0 Å². The smallest absolute Gasteiger partial charge is 0.0857 e. The largest absolute Gasteiger partial charge is 0.394 e. The maximum absolute atomic E-state index is 8.55. The van der Waals surface area contributed by atoms with Gasteiger partial charge in [-0.25, -0.2) is 0 Å². The summed E-state index contributed by atoms with van der Waals surface area (Å²) in [6.07, 6.45) is 0.0127. The molecule has 0 heterocycles. The molecule has 0 fully saturated rings. The Balaban J connectivity index is 3.36. The molecule has 0 aromatic carbocycles. The van der Waals surface area contributed by atoms with Crippen LogP contribution in [0.4, 0.5) is 0 Å². The average molecular weight is 336 g/mol. The van der Waals surface area contributed by atoms with Gasteiger partial charge >= 0.3 is 0 Å². The number of hydrogen-bond donors (Lipinski definition) is 1. The van der Waals surface area contributed by atoms with Crippen LogP contribution in [0.5, 0.6) is 0 Å². The SMILES string of the molecule is C[C@@H](OCCO)[C@@H](C)OCCOSI. The fourth-order valence-electron chi connectivity index (χ4n) is 0.809. The molecule has 0 unspecified atom stereocenters. The van der Waals surface area contributed by atoms with Crippen LogP contribution in [0, 0.1) is 0 Å². The zero-order valence-corrected chi connectivity index (χ0v) is 11.4. The Bertz CT molecular complexity index is 128. The van der Waals surface area contributed by atoms with Gasteiger partial charge in [0.1, 0.15) is 0 Å². The molecule has 86 valence electrons. The zero-order valence-electron chi connectivity index (χ0n) is 8.44. The fourth-order valence-corrected chi connectivity index (χ4v) is 1.48. The molecule has 0 aromatic heterocycles. The fraction of sp³-hybridized carbons (Fsp3) is 1.00. The van der Waals surface area contributed by atoms with Gasteiger partial charge in [0, 0.05) is 21.2 Å². The lowest BCUT2D eigenvalue weighted by Crippen LogP contribution is -2.28. The maximum Gasteiger partial charge on any atom is 0.0857 e. The monoisotopic (exact) mass is 336 g/mol. The van der Waals surface area contributed by atoms with Gasteiger partial charge in [-0.1, -0.05) is 0 Å². The number of halogens is 1. The highest BCUT2D eigenvalue weighted by Gasteiger charge is 2.12. The van der Waals surface area contributed by atoms with E-state index in [-0.39, 0.29) is 18.8 Å². The molecule has 0 radical (unpaired) electrons. The number of aliphatic hydroxyl groups excluding tert-OH is 1. The van der Waals surface area contributed by atoms with Crippen LogP contribution in [-0.4, -0.2) is 43.7 Å². The quantitative estimate of drug-likeness (QED) is 0.395. The summed E-state index contributed by atoms with van der Waals surface area (Å²) in [4.78, 5) is 0. The van der Waals surface area contributed by atoms with Gasteiger partial charge in [0.25, 0.3) is 0 Å². The molecule has 0 aromatic rings. The first kappa shape index (κ1) is 14.9. The third kappa shape index (κ3) is 8.25. The molecular formula is C8H17IO4S. The van der Waals surface area contributed by atoms with Crippen molar-refractivity contribution in [3.05, 3.63) is 0 Å². The molecule has 0 aliphatic heterocycles. The molecule has 0 aliphatic rings. The molecule has 4 nitrogen and oxygen atoms in total. The molecule has 2 atom stereocenters. The molecule has 6 heteroatoms. The van der Waals surface area contributed by atoms with Crippen molar-refractivity contribution in [2.24, 2.45) is 0 Å². The van der Waals surface area contributed by atoms with Gasteiger partial charge in [0.15, 0.2) is 0 Å². The van der Waals surface area contributed by atoms with E-state index in [2.05, 4.69) is 21.2 Å². The molecular weight excluding hydrogens is 319 g/mol. The Morgan fingerprint density at radius 3 is 2.21 bits per heavy atom. The molecule has 0 spiro atoms. The first-order valence-electron chi connectivity index (χ1n) is 4.46. The van der Waals surface area contributed by atoms with Crippen molar-refractivity contribution in [1.29, 1.82) is 0 Å². The van der Waals surface area contributed by atoms with Gasteiger partial charge in [0.05, 0.1) is 47.8 Å². The normalized spacial score (nSPS) is 15.4. The van der Waals surface area contributed by atoms with E-state index in [1.807, 2.05) is 13.8 Å². The molecule has 14 heavy (non-hydrogen) atoms. The molecule has 1 N–H and O–H groups in total. The lowest BCUT2D eigenvalue weighted by atomic mass is 10.2. The Morgan fingerprint density at radius 1 is 1.14 bits per heavy atom. The van der Waals surface area contributed by atoms with Gasteiger partial charge in [0.2, 0.25) is 0 Å². The Hall–Kier alpha value is 0.920. The van der Waals surface area contributed by atoms with Crippen molar-refractivity contribution in [3.8, 4) is 0 Å². The highest BCUT2D eigenvalue weighted by Crippen LogP contribution is 2.11. The Morgan fingerprint density at radius 2 is 1.71 bits per heavy atom. The Kier molecular flexibility index (Phi) is 11.1. The van der Waals surface area contributed by atoms with Crippen LogP contribution >= 0.6 is 30.4 Å². The van der Waals surface area contributed by atoms with Crippen molar-refractivity contribution in [1.82, 2.24) is 0 Å². The number of ether oxygens (including phenoxy) is 2. The van der Waals surface area contributed by atoms with Crippen molar-refractivity contribution in [3.63, 3.8) is 0 Å². The zero-order chi connectivity index (χ0) is 10.8. The summed E-state index contributed by atoms with van der Waals surface area (Å²) in [5.41, 5.74) is 0. The summed E-state index contributed by atoms with van der Waals surface area (Å²) in [5, 5.41) is 8.55. The van der Waals surface area contributed by atoms with Gasteiger partial charge in [-0.2, -0.15) is 0 Å². The van der Waals surface area contributed by atoms with Crippen LogP contribution in [0.2, 0.25) is 0 Å². The number of aliphatic hydroxyl groups is 1. The standard InChI is InChI=1S/C8H17IO4S/c1-7(11-4-3-10)8(2)12-5-6-13-14-9/h7-8,10H,3-6H2,1-2H3/t7-,8-/m1/s1. The van der Waals surface area contributed by atoms with Crippen molar-refractivity contribution in [2.75, 3.05) is 26.4 Å². The number of rotatable bonds is 9. The summed E-state index contributed by atoms with van der Waals surface area (Å²) >= 11 is 2.06. The second-order valence-electron chi connectivity index (χ2n) is 2.76. The minimum atomic E-state index is -0.00518. The first-order valence-corrected chi connectivity index (χ1v) is 7.75. The second-order valence-corrected chi connectivity index (χ2v) is 4.20. The third-order valence-electron chi connectivity index (χ3n) is 1.73. The Labute approximate surface area is 101 Å². The lowest BCUT2D eigenvalue weighted by Gasteiger charge is -2.20. The topological polar surface area (TPSA) is 47.9 Å². The molecule has 0 rings (SSSR count). The van der Waals surface area contributed by atoms with Gasteiger partial charge in [-0.15, -0.1) is 0 Å². The summed E-state index contributed by atoms with van der Waals surface area (Å²) in [6.45, 7) is 5.41. The van der Waals surface area contributed by atoms with Crippen molar-refractivity contribution >= 4 is 30.4 Å². The van der Waals surface area contributed by atoms with E-state index in [1.165, 1.54) is 9.21 Å². The second kappa shape index (κ2) is 10.4. The van der Waals surface area contributed by atoms with Crippen LogP contribution in [0.3, 0.4) is 0 Å². The minimum Gasteiger partial charge on any atom is -0.394 e. The van der Waals surface area contributed by atoms with Crippen LogP contribution in [0.15, 0.2) is 0 Å². The first-order chi connectivity index (χ1) is 6.72. The van der Waals surface area contributed by atoms with E-state index in [0.717, 1.165) is 0 Å². The highest BCUT2D eigenvalue weighted by atomic mass is 127. The number of hydrogen-bond acceptors (Lipinski definition) is 5. The molecule has 0 bridgehead atoms. The minimum absolute atomic E-state index is 0.00518. The van der Waals surface area contributed by atoms with Crippen molar-refractivity contribution in [2.45, 2.75) is 26.1 Å². The summed E-state index contributed by atoms with van der Waals surface area (Å²) in [6, 6.07) is 0. The maximum atomic E-state index is 8.55. The summed E-state index contributed by atoms with van der Waals surface area (Å²) < 4.78 is 15.8. The summed E-state index contributed by atoms with van der Waals surface area (Å²) in [5.74, 6) is 0. The third-order valence-corrected chi connectivity index (χ3v) is 2.74. The van der Waals surface area contributed by atoms with Gasteiger partial charge < -0.3 is 18.8 Å². The predicted octanol–water partition coefficient (Wildman–Crippen LogP) is 1.80. The van der Waals surface area contributed by atoms with Crippen LogP contribution in [0.1, 0.15) is 13.8 Å². The van der Waals surface area contributed by atoms with E-state index in [1.54, 1.807) is 0 Å². The highest BCUT2D eigenvalue weighted by molar-refractivity contribution is 14.2. The van der Waals surface area contributed by atoms with Crippen molar-refractivity contribution < 1.29 is 18.8 Å². The molecule has 0 saturated heterocycles. The molecule has 0 saturated carbocycles. The summed E-state index contributed by atoms with van der Waals surface area (Å²) in [7, 11) is 1.30. The lowest BCUT2D eigenvalue weighted by molar-refractivity contribution is -0.0670. The van der Waals surface area contributed by atoms with E-state index in [0.29, 0.717) is 19.8 Å². The van der Waals surface area contributed by atoms with Crippen LogP contribution < -0.4 is 0 Å². The van der Waals surface area contributed by atoms with Crippen LogP contribution in [0.25, 0.3) is 0 Å². The van der Waals surface area contributed by atoms with E-state index in [4.69, 9.17) is 18.8 Å².